The van der Waals surface area contributed by atoms with Crippen LogP contribution in [0.1, 0.15) is 27.7 Å². The molecule has 0 amide bonds. The van der Waals surface area contributed by atoms with Crippen LogP contribution in [0.4, 0.5) is 0 Å². The molecule has 0 aliphatic carbocycles. The molecule has 1 heteroatoms. The van der Waals surface area contributed by atoms with Crippen molar-refractivity contribution >= 4 is 0 Å². The molecule has 0 bridgehead atoms. The van der Waals surface area contributed by atoms with Crippen molar-refractivity contribution in [2.45, 2.75) is 39.8 Å². The van der Waals surface area contributed by atoms with Crippen molar-refractivity contribution in [2.24, 2.45) is 0 Å². The van der Waals surface area contributed by atoms with E-state index >= 15 is 0 Å². The Morgan fingerprint density at radius 1 is 1.11 bits per heavy atom. The summed E-state index contributed by atoms with van der Waals surface area (Å²) in [7, 11) is 0. The molecular weight excluding hydrogens is 110 g/mol. The molecule has 1 nitrogen and oxygen atoms in total. The van der Waals surface area contributed by atoms with E-state index in [1.807, 2.05) is 0 Å². The topological polar surface area (TPSA) is 3.24 Å². The summed E-state index contributed by atoms with van der Waals surface area (Å²) in [6.07, 6.45) is 1.65. The molecule has 0 spiro atoms. The van der Waals surface area contributed by atoms with Gasteiger partial charge in [0.25, 0.3) is 0 Å². The first-order chi connectivity index (χ1) is 4.09. The Morgan fingerprint density at radius 2 is 1.44 bits per heavy atom. The molecule has 0 saturated heterocycles. The first-order valence-corrected chi connectivity index (χ1v) is 3.42. The van der Waals surface area contributed by atoms with Crippen LogP contribution in [-0.4, -0.2) is 17.0 Å². The highest BCUT2D eigenvalue weighted by molar-refractivity contribution is 4.75. The third kappa shape index (κ3) is 2.54. The normalized spacial score (nSPS) is 10.4. The Kier molecular flexibility index (Phi) is 3.36. The monoisotopic (exact) mass is 126 g/mol. The molecule has 0 rings (SSSR count). The molecular formula is C8H16N. The molecule has 1 radical (unpaired) electrons. The lowest BCUT2D eigenvalue weighted by Crippen LogP contribution is -2.31. The largest absolute Gasteiger partial charge is 0.373 e. The zero-order valence-corrected chi connectivity index (χ0v) is 6.76. The van der Waals surface area contributed by atoms with Crippen LogP contribution in [0.2, 0.25) is 0 Å². The summed E-state index contributed by atoms with van der Waals surface area (Å²) in [4.78, 5) is 2.11. The van der Waals surface area contributed by atoms with Crippen molar-refractivity contribution in [3.8, 4) is 0 Å². The van der Waals surface area contributed by atoms with Crippen LogP contribution in [0.15, 0.2) is 6.20 Å². The molecule has 0 N–H and O–H groups in total. The standard InChI is InChI=1S/C8H16N/c1-6-9(7(2)3)8(4)5/h1,6-8H,2-5H3. The van der Waals surface area contributed by atoms with E-state index in [1.54, 1.807) is 6.20 Å². The van der Waals surface area contributed by atoms with Gasteiger partial charge in [-0.15, -0.1) is 0 Å². The van der Waals surface area contributed by atoms with E-state index in [4.69, 9.17) is 6.58 Å². The van der Waals surface area contributed by atoms with E-state index in [0.717, 1.165) is 0 Å². The van der Waals surface area contributed by atoms with Crippen LogP contribution in [0.3, 0.4) is 0 Å². The van der Waals surface area contributed by atoms with E-state index in [-0.39, 0.29) is 0 Å². The number of hydrogen-bond acceptors (Lipinski definition) is 1. The lowest BCUT2D eigenvalue weighted by molar-refractivity contribution is 0.256. The van der Waals surface area contributed by atoms with Gasteiger partial charge in [0, 0.05) is 12.1 Å². The third-order valence-corrected chi connectivity index (χ3v) is 1.36. The lowest BCUT2D eigenvalue weighted by Gasteiger charge is -2.28. The van der Waals surface area contributed by atoms with Gasteiger partial charge in [-0.2, -0.15) is 0 Å². The fourth-order valence-corrected chi connectivity index (χ4v) is 0.941. The summed E-state index contributed by atoms with van der Waals surface area (Å²) in [6, 6.07) is 1.02. The summed E-state index contributed by atoms with van der Waals surface area (Å²) in [5.41, 5.74) is 0. The van der Waals surface area contributed by atoms with Crippen molar-refractivity contribution < 1.29 is 0 Å². The Morgan fingerprint density at radius 3 is 1.44 bits per heavy atom. The van der Waals surface area contributed by atoms with Crippen molar-refractivity contribution in [1.82, 2.24) is 4.90 Å². The molecule has 0 atom stereocenters. The van der Waals surface area contributed by atoms with Gasteiger partial charge in [-0.05, 0) is 40.5 Å². The lowest BCUT2D eigenvalue weighted by atomic mass is 10.2. The maximum atomic E-state index is 5.38. The van der Waals surface area contributed by atoms with Gasteiger partial charge in [0.2, 0.25) is 0 Å². The summed E-state index contributed by atoms with van der Waals surface area (Å²) >= 11 is 0. The van der Waals surface area contributed by atoms with E-state index in [0.29, 0.717) is 12.1 Å². The highest BCUT2D eigenvalue weighted by Gasteiger charge is 2.05. The molecule has 0 aliphatic heterocycles. The minimum atomic E-state index is 0.509. The van der Waals surface area contributed by atoms with E-state index < -0.39 is 0 Å². The molecule has 0 aromatic carbocycles. The van der Waals surface area contributed by atoms with Crippen LogP contribution >= 0.6 is 0 Å². The van der Waals surface area contributed by atoms with Gasteiger partial charge in [-0.3, -0.25) is 0 Å². The molecule has 53 valence electrons. The molecule has 0 aromatic rings. The highest BCUT2D eigenvalue weighted by Crippen LogP contribution is 2.03. The Balaban J connectivity index is 3.82. The zero-order chi connectivity index (χ0) is 7.44. The van der Waals surface area contributed by atoms with Gasteiger partial charge >= 0.3 is 0 Å². The Bertz CT molecular complexity index is 76.6. The maximum absolute atomic E-state index is 5.38. The predicted octanol–water partition coefficient (Wildman–Crippen LogP) is 2.05. The van der Waals surface area contributed by atoms with E-state index in [9.17, 15) is 0 Å². The number of nitrogens with zero attached hydrogens (tertiary/aromatic N) is 1. The van der Waals surface area contributed by atoms with Crippen LogP contribution in [0.25, 0.3) is 0 Å². The average Bonchev–Trinajstić information content (AvgIpc) is 1.64. The highest BCUT2D eigenvalue weighted by atomic mass is 15.1. The summed E-state index contributed by atoms with van der Waals surface area (Å²) < 4.78 is 0. The molecule has 0 saturated carbocycles. The molecule has 0 unspecified atom stereocenters. The van der Waals surface area contributed by atoms with E-state index in [2.05, 4.69) is 32.6 Å². The van der Waals surface area contributed by atoms with Gasteiger partial charge in [0.1, 0.15) is 0 Å². The number of hydrogen-bond donors (Lipinski definition) is 0. The number of rotatable bonds is 3. The van der Waals surface area contributed by atoms with Gasteiger partial charge < -0.3 is 4.90 Å². The van der Waals surface area contributed by atoms with Crippen LogP contribution in [0, 0.1) is 6.58 Å². The zero-order valence-electron chi connectivity index (χ0n) is 6.76. The molecule has 9 heavy (non-hydrogen) atoms. The second kappa shape index (κ2) is 3.54. The minimum Gasteiger partial charge on any atom is -0.373 e. The molecule has 0 aliphatic rings. The predicted molar refractivity (Wildman–Crippen MR) is 41.0 cm³/mol. The van der Waals surface area contributed by atoms with Gasteiger partial charge in [-0.25, -0.2) is 0 Å². The molecule has 0 fully saturated rings. The summed E-state index contributed by atoms with van der Waals surface area (Å²) in [5.74, 6) is 0. The summed E-state index contributed by atoms with van der Waals surface area (Å²) in [5, 5.41) is 0. The van der Waals surface area contributed by atoms with Gasteiger partial charge in [0.15, 0.2) is 0 Å². The maximum Gasteiger partial charge on any atom is 0.0230 e. The van der Waals surface area contributed by atoms with Gasteiger partial charge in [0.05, 0.1) is 0 Å². The fourth-order valence-electron chi connectivity index (χ4n) is 0.941. The van der Waals surface area contributed by atoms with Crippen molar-refractivity contribution in [2.75, 3.05) is 0 Å². The van der Waals surface area contributed by atoms with Crippen molar-refractivity contribution in [3.05, 3.63) is 12.8 Å². The smallest absolute Gasteiger partial charge is 0.0230 e. The SMILES string of the molecule is [CH]=CN(C(C)C)C(C)C. The first kappa shape index (κ1) is 8.54. The summed E-state index contributed by atoms with van der Waals surface area (Å²) in [6.45, 7) is 13.9. The average molecular weight is 126 g/mol. The van der Waals surface area contributed by atoms with Crippen LogP contribution < -0.4 is 0 Å². The molecule has 0 heterocycles. The minimum absolute atomic E-state index is 0.509. The molecule has 0 aromatic heterocycles. The second-order valence-corrected chi connectivity index (χ2v) is 2.78. The fraction of sp³-hybridized carbons (Fsp3) is 0.750. The Labute approximate surface area is 58.4 Å². The third-order valence-electron chi connectivity index (χ3n) is 1.36. The van der Waals surface area contributed by atoms with Crippen molar-refractivity contribution in [1.29, 1.82) is 0 Å². The first-order valence-electron chi connectivity index (χ1n) is 3.42. The second-order valence-electron chi connectivity index (χ2n) is 2.78. The van der Waals surface area contributed by atoms with Gasteiger partial charge in [-0.1, -0.05) is 0 Å². The van der Waals surface area contributed by atoms with Crippen molar-refractivity contribution in [3.63, 3.8) is 0 Å². The Hall–Kier alpha value is -0.460. The van der Waals surface area contributed by atoms with Crippen LogP contribution in [-0.2, 0) is 0 Å². The quantitative estimate of drug-likeness (QED) is 0.559. The van der Waals surface area contributed by atoms with E-state index in [1.165, 1.54) is 0 Å². The van der Waals surface area contributed by atoms with Crippen LogP contribution in [0.5, 0.6) is 0 Å².